The first-order valence-corrected chi connectivity index (χ1v) is 8.79. The van der Waals surface area contributed by atoms with E-state index in [9.17, 15) is 10.1 Å². The highest BCUT2D eigenvalue weighted by Gasteiger charge is 2.13. The molecule has 0 fully saturated rings. The van der Waals surface area contributed by atoms with Crippen LogP contribution in [0, 0.1) is 10.1 Å². The van der Waals surface area contributed by atoms with Gasteiger partial charge in [0.05, 0.1) is 10.4 Å². The first-order chi connectivity index (χ1) is 13.1. The van der Waals surface area contributed by atoms with E-state index in [1.807, 2.05) is 63.3 Å². The highest BCUT2D eigenvalue weighted by Crippen LogP contribution is 2.30. The summed E-state index contributed by atoms with van der Waals surface area (Å²) in [6.07, 6.45) is 7.53. The van der Waals surface area contributed by atoms with Crippen LogP contribution in [0.2, 0.25) is 0 Å². The maximum absolute atomic E-state index is 11.0. The van der Waals surface area contributed by atoms with Crippen molar-refractivity contribution in [3.8, 4) is 11.3 Å². The number of nitrogens with zero attached hydrogens (tertiary/aromatic N) is 2. The molecule has 0 aliphatic carbocycles. The Kier molecular flexibility index (Phi) is 6.83. The van der Waals surface area contributed by atoms with Crippen LogP contribution in [0.5, 0.6) is 0 Å². The zero-order valence-electron chi connectivity index (χ0n) is 15.8. The van der Waals surface area contributed by atoms with Crippen molar-refractivity contribution in [1.82, 2.24) is 10.2 Å². The molecule has 0 saturated carbocycles. The van der Waals surface area contributed by atoms with Crippen LogP contribution >= 0.6 is 0 Å². The van der Waals surface area contributed by atoms with Crippen LogP contribution in [-0.2, 0) is 0 Å². The molecule has 3 aromatic rings. The number of fused-ring (bicyclic) bond motifs is 1. The Morgan fingerprint density at radius 1 is 1.19 bits per heavy atom. The molecule has 0 unspecified atom stereocenters. The summed E-state index contributed by atoms with van der Waals surface area (Å²) in [5.41, 5.74) is 4.60. The number of nitro benzene ring substituents is 1. The standard InChI is InChI=1S/C20H17N3O2.C2H6/c1-3-4-5-7-14(2)15-8-6-9-16(12-15)20-18-13-17(23(24)25)10-11-19(18)21-22-20;1-2/h3-13H,1H2,2H3,(H,21,22);1-2H3/b5-4-,14-7+;. The predicted molar refractivity (Wildman–Crippen MR) is 113 cm³/mol. The summed E-state index contributed by atoms with van der Waals surface area (Å²) in [4.78, 5) is 10.6. The second-order valence-corrected chi connectivity index (χ2v) is 5.61. The van der Waals surface area contributed by atoms with Gasteiger partial charge in [0.1, 0.15) is 5.69 Å². The van der Waals surface area contributed by atoms with Gasteiger partial charge in [-0.05, 0) is 30.2 Å². The van der Waals surface area contributed by atoms with Crippen LogP contribution < -0.4 is 0 Å². The minimum absolute atomic E-state index is 0.0527. The average molecular weight is 361 g/mol. The Hall–Kier alpha value is -3.47. The SMILES string of the molecule is C=C/C=C\C=C(/C)c1cccc(-c2n[nH]c3ccc([N+](=O)[O-])cc23)c1.CC. The van der Waals surface area contributed by atoms with Crippen molar-refractivity contribution >= 4 is 22.2 Å². The Balaban J connectivity index is 0.00000126. The fourth-order valence-electron chi connectivity index (χ4n) is 2.62. The molecule has 0 saturated heterocycles. The van der Waals surface area contributed by atoms with Crippen molar-refractivity contribution in [2.45, 2.75) is 20.8 Å². The number of aromatic amines is 1. The summed E-state index contributed by atoms with van der Waals surface area (Å²) in [6.45, 7) is 9.68. The number of nitrogens with one attached hydrogen (secondary N) is 1. The fourth-order valence-corrected chi connectivity index (χ4v) is 2.62. The number of hydrogen-bond donors (Lipinski definition) is 1. The number of non-ortho nitro benzene ring substituents is 1. The van der Waals surface area contributed by atoms with Gasteiger partial charge in [0.15, 0.2) is 0 Å². The minimum atomic E-state index is -0.397. The zero-order valence-corrected chi connectivity index (χ0v) is 15.8. The third-order valence-electron chi connectivity index (χ3n) is 3.94. The number of allylic oxidation sites excluding steroid dienone is 5. The highest BCUT2D eigenvalue weighted by molar-refractivity contribution is 5.94. The lowest BCUT2D eigenvalue weighted by molar-refractivity contribution is -0.384. The maximum Gasteiger partial charge on any atom is 0.270 e. The molecule has 1 N–H and O–H groups in total. The van der Waals surface area contributed by atoms with Gasteiger partial charge in [-0.25, -0.2) is 0 Å². The first kappa shape index (κ1) is 19.8. The molecule has 0 spiro atoms. The molecule has 2 aromatic carbocycles. The molecule has 0 bridgehead atoms. The molecule has 27 heavy (non-hydrogen) atoms. The molecule has 0 atom stereocenters. The van der Waals surface area contributed by atoms with E-state index in [0.717, 1.165) is 27.6 Å². The Bertz CT molecular complexity index is 1010. The quantitative estimate of drug-likeness (QED) is 0.329. The molecule has 1 aromatic heterocycles. The lowest BCUT2D eigenvalue weighted by Gasteiger charge is -2.04. The summed E-state index contributed by atoms with van der Waals surface area (Å²) < 4.78 is 0. The van der Waals surface area contributed by atoms with Crippen LogP contribution in [0.4, 0.5) is 5.69 Å². The number of nitro groups is 1. The predicted octanol–water partition coefficient (Wildman–Crippen LogP) is 6.31. The minimum Gasteiger partial charge on any atom is -0.277 e. The smallest absolute Gasteiger partial charge is 0.270 e. The molecule has 138 valence electrons. The first-order valence-electron chi connectivity index (χ1n) is 8.79. The van der Waals surface area contributed by atoms with Crippen molar-refractivity contribution in [3.05, 3.63) is 89.0 Å². The molecular weight excluding hydrogens is 338 g/mol. The molecule has 3 rings (SSSR count). The van der Waals surface area contributed by atoms with Crippen LogP contribution in [0.3, 0.4) is 0 Å². The molecular formula is C22H23N3O2. The van der Waals surface area contributed by atoms with E-state index in [0.29, 0.717) is 5.69 Å². The number of aromatic nitrogens is 2. The van der Waals surface area contributed by atoms with Crippen LogP contribution in [0.25, 0.3) is 27.7 Å². The summed E-state index contributed by atoms with van der Waals surface area (Å²) >= 11 is 0. The fraction of sp³-hybridized carbons (Fsp3) is 0.136. The van der Waals surface area contributed by atoms with Gasteiger partial charge in [0, 0.05) is 23.1 Å². The van der Waals surface area contributed by atoms with Crippen LogP contribution in [-0.4, -0.2) is 15.1 Å². The number of rotatable bonds is 5. The van der Waals surface area contributed by atoms with Gasteiger partial charge in [-0.2, -0.15) is 5.10 Å². The third-order valence-corrected chi connectivity index (χ3v) is 3.94. The molecule has 0 aliphatic rings. The van der Waals surface area contributed by atoms with Crippen LogP contribution in [0.15, 0.2) is 73.3 Å². The van der Waals surface area contributed by atoms with Crippen molar-refractivity contribution < 1.29 is 4.92 Å². The second-order valence-electron chi connectivity index (χ2n) is 5.61. The van der Waals surface area contributed by atoms with E-state index in [2.05, 4.69) is 16.8 Å². The Morgan fingerprint density at radius 2 is 1.96 bits per heavy atom. The second kappa shape index (κ2) is 9.29. The number of hydrogen-bond acceptors (Lipinski definition) is 3. The zero-order chi connectivity index (χ0) is 19.8. The molecule has 5 nitrogen and oxygen atoms in total. The lowest BCUT2D eigenvalue weighted by Crippen LogP contribution is -1.87. The van der Waals surface area contributed by atoms with Gasteiger partial charge in [0.2, 0.25) is 0 Å². The van der Waals surface area contributed by atoms with E-state index in [-0.39, 0.29) is 5.69 Å². The van der Waals surface area contributed by atoms with E-state index in [1.54, 1.807) is 18.2 Å². The van der Waals surface area contributed by atoms with Crippen molar-refractivity contribution in [2.24, 2.45) is 0 Å². The summed E-state index contributed by atoms with van der Waals surface area (Å²) in [5.74, 6) is 0. The molecule has 5 heteroatoms. The van der Waals surface area contributed by atoms with Gasteiger partial charge in [-0.15, -0.1) is 0 Å². The average Bonchev–Trinajstić information content (AvgIpc) is 3.13. The van der Waals surface area contributed by atoms with Crippen molar-refractivity contribution in [2.75, 3.05) is 0 Å². The number of H-pyrrole nitrogens is 1. The van der Waals surface area contributed by atoms with Gasteiger partial charge in [-0.3, -0.25) is 15.2 Å². The topological polar surface area (TPSA) is 71.8 Å². The summed E-state index contributed by atoms with van der Waals surface area (Å²) in [6, 6.07) is 12.7. The van der Waals surface area contributed by atoms with E-state index >= 15 is 0 Å². The van der Waals surface area contributed by atoms with E-state index in [1.165, 1.54) is 6.07 Å². The molecule has 0 amide bonds. The van der Waals surface area contributed by atoms with Gasteiger partial charge < -0.3 is 0 Å². The number of benzene rings is 2. The van der Waals surface area contributed by atoms with Crippen LogP contribution in [0.1, 0.15) is 26.3 Å². The lowest BCUT2D eigenvalue weighted by atomic mass is 10.0. The van der Waals surface area contributed by atoms with E-state index < -0.39 is 4.92 Å². The third kappa shape index (κ3) is 4.58. The monoisotopic (exact) mass is 361 g/mol. The largest absolute Gasteiger partial charge is 0.277 e. The van der Waals surface area contributed by atoms with Crippen molar-refractivity contribution in [3.63, 3.8) is 0 Å². The van der Waals surface area contributed by atoms with Gasteiger partial charge in [0.25, 0.3) is 5.69 Å². The highest BCUT2D eigenvalue weighted by atomic mass is 16.6. The molecule has 0 aliphatic heterocycles. The van der Waals surface area contributed by atoms with E-state index in [4.69, 9.17) is 0 Å². The maximum atomic E-state index is 11.0. The Labute approximate surface area is 158 Å². The van der Waals surface area contributed by atoms with Gasteiger partial charge in [-0.1, -0.05) is 62.9 Å². The van der Waals surface area contributed by atoms with Gasteiger partial charge >= 0.3 is 0 Å². The molecule has 1 heterocycles. The van der Waals surface area contributed by atoms with Crippen molar-refractivity contribution in [1.29, 1.82) is 0 Å². The Morgan fingerprint density at radius 3 is 2.67 bits per heavy atom. The summed E-state index contributed by atoms with van der Waals surface area (Å²) in [7, 11) is 0. The summed E-state index contributed by atoms with van der Waals surface area (Å²) in [5, 5.41) is 19.1. The molecule has 0 radical (unpaired) electrons. The normalized spacial score (nSPS) is 11.3.